The minimum atomic E-state index is -3.15. The molecule has 0 spiro atoms. The van der Waals surface area contributed by atoms with Crippen LogP contribution in [0.2, 0.25) is 0 Å². The van der Waals surface area contributed by atoms with Crippen molar-refractivity contribution in [2.45, 2.75) is 31.2 Å². The SMILES string of the molecule is CNCCC1CS(=O)(=O)c2cc(C)c(C)cc2N1. The number of aryl methyl sites for hydroxylation is 2. The van der Waals surface area contributed by atoms with Crippen molar-refractivity contribution >= 4 is 15.5 Å². The van der Waals surface area contributed by atoms with Crippen LogP contribution in [0.15, 0.2) is 17.0 Å². The number of rotatable bonds is 3. The highest BCUT2D eigenvalue weighted by Crippen LogP contribution is 2.31. The first-order chi connectivity index (χ1) is 8.44. The van der Waals surface area contributed by atoms with Gasteiger partial charge in [-0.25, -0.2) is 8.42 Å². The molecule has 1 aliphatic heterocycles. The Bertz CT molecular complexity index is 552. The van der Waals surface area contributed by atoms with E-state index in [1.165, 1.54) is 0 Å². The zero-order valence-corrected chi connectivity index (χ0v) is 11.9. The van der Waals surface area contributed by atoms with E-state index in [9.17, 15) is 8.42 Å². The summed E-state index contributed by atoms with van der Waals surface area (Å²) in [5.41, 5.74) is 2.89. The average molecular weight is 268 g/mol. The third kappa shape index (κ3) is 2.52. The lowest BCUT2D eigenvalue weighted by molar-refractivity contribution is 0.575. The predicted octanol–water partition coefficient (Wildman–Crippen LogP) is 1.48. The van der Waals surface area contributed by atoms with Crippen LogP contribution < -0.4 is 10.6 Å². The first-order valence-corrected chi connectivity index (χ1v) is 7.84. The monoisotopic (exact) mass is 268 g/mol. The highest BCUT2D eigenvalue weighted by Gasteiger charge is 2.29. The first-order valence-electron chi connectivity index (χ1n) is 6.19. The smallest absolute Gasteiger partial charge is 0.182 e. The maximum Gasteiger partial charge on any atom is 0.182 e. The Hall–Kier alpha value is -1.07. The largest absolute Gasteiger partial charge is 0.380 e. The van der Waals surface area contributed by atoms with Crippen LogP contribution >= 0.6 is 0 Å². The third-order valence-electron chi connectivity index (χ3n) is 3.45. The van der Waals surface area contributed by atoms with Gasteiger partial charge in [0.2, 0.25) is 0 Å². The molecule has 0 saturated carbocycles. The van der Waals surface area contributed by atoms with Crippen molar-refractivity contribution in [3.05, 3.63) is 23.3 Å². The topological polar surface area (TPSA) is 58.2 Å². The Morgan fingerprint density at radius 1 is 1.33 bits per heavy atom. The van der Waals surface area contributed by atoms with E-state index in [0.29, 0.717) is 4.90 Å². The zero-order chi connectivity index (χ0) is 13.3. The Morgan fingerprint density at radius 3 is 2.67 bits per heavy atom. The van der Waals surface area contributed by atoms with E-state index in [-0.39, 0.29) is 11.8 Å². The van der Waals surface area contributed by atoms with Crippen LogP contribution in [0.5, 0.6) is 0 Å². The quantitative estimate of drug-likeness (QED) is 0.872. The summed E-state index contributed by atoms with van der Waals surface area (Å²) in [5, 5.41) is 6.39. The minimum absolute atomic E-state index is 0.00273. The molecule has 0 bridgehead atoms. The molecule has 0 fully saturated rings. The number of sulfone groups is 1. The van der Waals surface area contributed by atoms with Crippen molar-refractivity contribution in [2.24, 2.45) is 0 Å². The Kier molecular flexibility index (Phi) is 3.64. The number of hydrogen-bond donors (Lipinski definition) is 2. The number of benzene rings is 1. The fourth-order valence-corrected chi connectivity index (χ4v) is 4.02. The molecule has 1 atom stereocenters. The molecule has 2 rings (SSSR count). The Labute approximate surface area is 109 Å². The first kappa shape index (κ1) is 13.4. The molecule has 0 amide bonds. The van der Waals surface area contributed by atoms with Crippen LogP contribution in [0.4, 0.5) is 5.69 Å². The Morgan fingerprint density at radius 2 is 2.00 bits per heavy atom. The summed E-state index contributed by atoms with van der Waals surface area (Å²) in [6.45, 7) is 4.76. The lowest BCUT2D eigenvalue weighted by Crippen LogP contribution is -2.36. The molecule has 4 nitrogen and oxygen atoms in total. The molecule has 0 saturated heterocycles. The number of fused-ring (bicyclic) bond motifs is 1. The van der Waals surface area contributed by atoms with Gasteiger partial charge in [-0.1, -0.05) is 0 Å². The van der Waals surface area contributed by atoms with E-state index in [2.05, 4.69) is 10.6 Å². The lowest BCUT2D eigenvalue weighted by atomic mass is 10.1. The highest BCUT2D eigenvalue weighted by atomic mass is 32.2. The van der Waals surface area contributed by atoms with E-state index >= 15 is 0 Å². The maximum absolute atomic E-state index is 12.2. The number of hydrogen-bond acceptors (Lipinski definition) is 4. The van der Waals surface area contributed by atoms with Gasteiger partial charge in [0.05, 0.1) is 16.3 Å². The summed E-state index contributed by atoms with van der Waals surface area (Å²) in [4.78, 5) is 0.450. The summed E-state index contributed by atoms with van der Waals surface area (Å²) in [6, 6.07) is 3.71. The molecule has 1 aliphatic rings. The van der Waals surface area contributed by atoms with Gasteiger partial charge in [0.1, 0.15) is 0 Å². The van der Waals surface area contributed by atoms with E-state index in [4.69, 9.17) is 0 Å². The van der Waals surface area contributed by atoms with Crippen molar-refractivity contribution in [1.29, 1.82) is 0 Å². The second-order valence-electron chi connectivity index (χ2n) is 4.95. The van der Waals surface area contributed by atoms with E-state index in [1.807, 2.05) is 27.0 Å². The van der Waals surface area contributed by atoms with Crippen molar-refractivity contribution < 1.29 is 8.42 Å². The van der Waals surface area contributed by atoms with E-state index < -0.39 is 9.84 Å². The fraction of sp³-hybridized carbons (Fsp3) is 0.538. The average Bonchev–Trinajstić information content (AvgIpc) is 2.28. The molecule has 1 aromatic rings. The second kappa shape index (κ2) is 4.90. The lowest BCUT2D eigenvalue weighted by Gasteiger charge is -2.27. The van der Waals surface area contributed by atoms with Gasteiger partial charge in [-0.2, -0.15) is 0 Å². The summed E-state index contributed by atoms with van der Waals surface area (Å²) >= 11 is 0. The van der Waals surface area contributed by atoms with Crippen LogP contribution in [-0.2, 0) is 9.84 Å². The molecule has 18 heavy (non-hydrogen) atoms. The van der Waals surface area contributed by atoms with Gasteiger partial charge < -0.3 is 10.6 Å². The predicted molar refractivity (Wildman–Crippen MR) is 73.9 cm³/mol. The minimum Gasteiger partial charge on any atom is -0.380 e. The summed E-state index contributed by atoms with van der Waals surface area (Å²) in [6.07, 6.45) is 0.808. The summed E-state index contributed by atoms with van der Waals surface area (Å²) in [7, 11) is -1.28. The molecule has 2 N–H and O–H groups in total. The van der Waals surface area contributed by atoms with Gasteiger partial charge in [-0.15, -0.1) is 0 Å². The van der Waals surface area contributed by atoms with Crippen LogP contribution in [0.1, 0.15) is 17.5 Å². The maximum atomic E-state index is 12.2. The molecule has 1 aromatic carbocycles. The highest BCUT2D eigenvalue weighted by molar-refractivity contribution is 7.91. The summed E-state index contributed by atoms with van der Waals surface area (Å²) in [5.74, 6) is 0.185. The molecule has 1 heterocycles. The molecule has 0 radical (unpaired) electrons. The normalized spacial score (nSPS) is 21.2. The van der Waals surface area contributed by atoms with Gasteiger partial charge in [0, 0.05) is 6.04 Å². The molecule has 100 valence electrons. The number of nitrogens with one attached hydrogen (secondary N) is 2. The van der Waals surface area contributed by atoms with Gasteiger partial charge in [0.25, 0.3) is 0 Å². The van der Waals surface area contributed by atoms with Crippen molar-refractivity contribution in [3.63, 3.8) is 0 Å². The van der Waals surface area contributed by atoms with Crippen molar-refractivity contribution in [1.82, 2.24) is 5.32 Å². The van der Waals surface area contributed by atoms with Gasteiger partial charge in [0.15, 0.2) is 9.84 Å². The molecule has 0 aromatic heterocycles. The van der Waals surface area contributed by atoms with E-state index in [0.717, 1.165) is 29.8 Å². The van der Waals surface area contributed by atoms with Crippen LogP contribution in [0.25, 0.3) is 0 Å². The van der Waals surface area contributed by atoms with Crippen LogP contribution in [-0.4, -0.2) is 33.8 Å². The van der Waals surface area contributed by atoms with Gasteiger partial charge >= 0.3 is 0 Å². The standard InChI is InChI=1S/C13H20N2O2S/c1-9-6-12-13(7-10(9)2)18(16,17)8-11(15-12)4-5-14-3/h6-7,11,14-15H,4-5,8H2,1-3H3. The van der Waals surface area contributed by atoms with Crippen molar-refractivity contribution in [3.8, 4) is 0 Å². The van der Waals surface area contributed by atoms with E-state index in [1.54, 1.807) is 6.07 Å². The zero-order valence-electron chi connectivity index (χ0n) is 11.1. The molecule has 5 heteroatoms. The second-order valence-corrected chi connectivity index (χ2v) is 6.95. The van der Waals surface area contributed by atoms with Crippen LogP contribution in [0, 0.1) is 13.8 Å². The van der Waals surface area contributed by atoms with Crippen LogP contribution in [0.3, 0.4) is 0 Å². The fourth-order valence-electron chi connectivity index (χ4n) is 2.25. The molecule has 0 aliphatic carbocycles. The third-order valence-corrected chi connectivity index (χ3v) is 5.30. The van der Waals surface area contributed by atoms with Gasteiger partial charge in [-0.05, 0) is 57.1 Å². The molecule has 1 unspecified atom stereocenters. The molecular weight excluding hydrogens is 248 g/mol. The number of anilines is 1. The van der Waals surface area contributed by atoms with Crippen molar-refractivity contribution in [2.75, 3.05) is 24.7 Å². The Balaban J connectivity index is 2.38. The molecular formula is C13H20N2O2S. The van der Waals surface area contributed by atoms with Gasteiger partial charge in [-0.3, -0.25) is 0 Å². The summed E-state index contributed by atoms with van der Waals surface area (Å²) < 4.78 is 24.5.